The van der Waals surface area contributed by atoms with E-state index in [2.05, 4.69) is 15.3 Å². The molecular weight excluding hydrogens is 342 g/mol. The third-order valence-electron chi connectivity index (χ3n) is 3.38. The Bertz CT molecular complexity index is 901. The molecule has 0 fully saturated rings. The molecule has 0 amide bonds. The van der Waals surface area contributed by atoms with Gasteiger partial charge in [-0.15, -0.1) is 5.11 Å². The third kappa shape index (κ3) is 3.34. The standard InChI is InChI=1S/C17H14ClN5S/c1-11-15(21-20-14-9-7-13(18)8-10-14)16(23(22-11)17(19)24)12-5-3-2-4-6-12/h2-10H,1H3,(H2,19,24). The lowest BCUT2D eigenvalue weighted by atomic mass is 10.1. The van der Waals surface area contributed by atoms with Gasteiger partial charge in [-0.1, -0.05) is 41.9 Å². The molecule has 0 radical (unpaired) electrons. The first-order valence-corrected chi connectivity index (χ1v) is 7.97. The maximum atomic E-state index is 5.88. The maximum Gasteiger partial charge on any atom is 0.191 e. The fourth-order valence-corrected chi connectivity index (χ4v) is 2.53. The Kier molecular flexibility index (Phi) is 4.69. The molecule has 0 bridgehead atoms. The number of hydrogen-bond acceptors (Lipinski definition) is 4. The molecule has 2 aromatic carbocycles. The summed E-state index contributed by atoms with van der Waals surface area (Å²) in [5.74, 6) is 0. The van der Waals surface area contributed by atoms with E-state index in [-0.39, 0.29) is 5.11 Å². The molecule has 0 unspecified atom stereocenters. The van der Waals surface area contributed by atoms with Crippen LogP contribution in [0, 0.1) is 6.92 Å². The van der Waals surface area contributed by atoms with Crippen molar-refractivity contribution < 1.29 is 0 Å². The molecule has 1 heterocycles. The van der Waals surface area contributed by atoms with Gasteiger partial charge in [0, 0.05) is 10.6 Å². The molecule has 0 aliphatic carbocycles. The molecule has 3 aromatic rings. The summed E-state index contributed by atoms with van der Waals surface area (Å²) in [4.78, 5) is 0. The lowest BCUT2D eigenvalue weighted by Crippen LogP contribution is -2.21. The average molecular weight is 356 g/mol. The second-order valence-electron chi connectivity index (χ2n) is 5.08. The highest BCUT2D eigenvalue weighted by Gasteiger charge is 2.18. The van der Waals surface area contributed by atoms with Gasteiger partial charge in [-0.25, -0.2) is 4.68 Å². The molecule has 120 valence electrons. The quantitative estimate of drug-likeness (QED) is 0.529. The predicted octanol–water partition coefficient (Wildman–Crippen LogP) is 5.02. The Hall–Kier alpha value is -2.57. The van der Waals surface area contributed by atoms with Crippen molar-refractivity contribution in [1.82, 2.24) is 9.78 Å². The first-order valence-electron chi connectivity index (χ1n) is 7.18. The number of rotatable bonds is 3. The summed E-state index contributed by atoms with van der Waals surface area (Å²) in [5.41, 5.74) is 9.45. The molecular formula is C17H14ClN5S. The number of thiocarbonyl (C=S) groups is 1. The molecule has 0 saturated heterocycles. The Morgan fingerprint density at radius 2 is 1.75 bits per heavy atom. The van der Waals surface area contributed by atoms with Crippen LogP contribution < -0.4 is 5.73 Å². The van der Waals surface area contributed by atoms with Gasteiger partial charge in [0.25, 0.3) is 0 Å². The summed E-state index contributed by atoms with van der Waals surface area (Å²) >= 11 is 11.0. The monoisotopic (exact) mass is 355 g/mol. The number of halogens is 1. The van der Waals surface area contributed by atoms with Crippen molar-refractivity contribution in [3.8, 4) is 11.3 Å². The summed E-state index contributed by atoms with van der Waals surface area (Å²) in [6.07, 6.45) is 0. The fourth-order valence-electron chi connectivity index (χ4n) is 2.27. The smallest absolute Gasteiger partial charge is 0.191 e. The second-order valence-corrected chi connectivity index (χ2v) is 5.93. The summed E-state index contributed by atoms with van der Waals surface area (Å²) in [6, 6.07) is 16.8. The van der Waals surface area contributed by atoms with E-state index >= 15 is 0 Å². The van der Waals surface area contributed by atoms with E-state index < -0.39 is 0 Å². The molecule has 7 heteroatoms. The normalized spacial score (nSPS) is 11.1. The predicted molar refractivity (Wildman–Crippen MR) is 100 cm³/mol. The Labute approximate surface area is 149 Å². The number of nitrogens with zero attached hydrogens (tertiary/aromatic N) is 4. The molecule has 0 atom stereocenters. The summed E-state index contributed by atoms with van der Waals surface area (Å²) in [5, 5.41) is 13.8. The van der Waals surface area contributed by atoms with Crippen molar-refractivity contribution in [2.45, 2.75) is 6.92 Å². The van der Waals surface area contributed by atoms with E-state index in [4.69, 9.17) is 29.6 Å². The Morgan fingerprint density at radius 1 is 1.08 bits per heavy atom. The number of hydrogen-bond donors (Lipinski definition) is 1. The van der Waals surface area contributed by atoms with Gasteiger partial charge in [-0.05, 0) is 43.4 Å². The van der Waals surface area contributed by atoms with Gasteiger partial charge < -0.3 is 5.73 Å². The van der Waals surface area contributed by atoms with Crippen LogP contribution in [0.4, 0.5) is 11.4 Å². The number of nitrogens with two attached hydrogens (primary N) is 1. The van der Waals surface area contributed by atoms with Gasteiger partial charge in [0.2, 0.25) is 0 Å². The van der Waals surface area contributed by atoms with Crippen LogP contribution in [0.3, 0.4) is 0 Å². The minimum Gasteiger partial charge on any atom is -0.374 e. The summed E-state index contributed by atoms with van der Waals surface area (Å²) in [6.45, 7) is 1.84. The Morgan fingerprint density at radius 3 is 2.38 bits per heavy atom. The summed E-state index contributed by atoms with van der Waals surface area (Å²) < 4.78 is 1.51. The highest BCUT2D eigenvalue weighted by atomic mass is 35.5. The molecule has 0 aliphatic rings. The van der Waals surface area contributed by atoms with Crippen molar-refractivity contribution in [3.05, 3.63) is 65.3 Å². The first-order chi connectivity index (χ1) is 11.6. The molecule has 1 aromatic heterocycles. The zero-order chi connectivity index (χ0) is 17.1. The van der Waals surface area contributed by atoms with Crippen LogP contribution in [0.25, 0.3) is 11.3 Å². The van der Waals surface area contributed by atoms with Crippen LogP contribution in [0.15, 0.2) is 64.8 Å². The lowest BCUT2D eigenvalue weighted by Gasteiger charge is -2.05. The maximum absolute atomic E-state index is 5.88. The topological polar surface area (TPSA) is 68.6 Å². The van der Waals surface area contributed by atoms with Crippen LogP contribution in [0.2, 0.25) is 5.02 Å². The van der Waals surface area contributed by atoms with Crippen molar-refractivity contribution in [2.75, 3.05) is 0 Å². The van der Waals surface area contributed by atoms with Gasteiger partial charge in [-0.2, -0.15) is 10.2 Å². The van der Waals surface area contributed by atoms with E-state index in [1.54, 1.807) is 24.3 Å². The van der Waals surface area contributed by atoms with Crippen molar-refractivity contribution >= 4 is 40.3 Å². The minimum absolute atomic E-state index is 0.157. The number of azo groups is 1. The molecule has 24 heavy (non-hydrogen) atoms. The molecule has 5 nitrogen and oxygen atoms in total. The summed E-state index contributed by atoms with van der Waals surface area (Å²) in [7, 11) is 0. The highest BCUT2D eigenvalue weighted by Crippen LogP contribution is 2.34. The third-order valence-corrected chi connectivity index (χ3v) is 3.80. The van der Waals surface area contributed by atoms with Crippen LogP contribution in [-0.2, 0) is 0 Å². The second kappa shape index (κ2) is 6.90. The van der Waals surface area contributed by atoms with Crippen LogP contribution in [-0.4, -0.2) is 14.9 Å². The van der Waals surface area contributed by atoms with Crippen molar-refractivity contribution in [3.63, 3.8) is 0 Å². The molecule has 3 rings (SSSR count). The van der Waals surface area contributed by atoms with Gasteiger partial charge in [0.15, 0.2) is 5.11 Å². The minimum atomic E-state index is 0.157. The van der Waals surface area contributed by atoms with Crippen molar-refractivity contribution in [2.24, 2.45) is 16.0 Å². The van der Waals surface area contributed by atoms with Gasteiger partial charge in [-0.3, -0.25) is 0 Å². The van der Waals surface area contributed by atoms with Gasteiger partial charge in [0.05, 0.1) is 11.4 Å². The van der Waals surface area contributed by atoms with E-state index in [0.29, 0.717) is 22.1 Å². The lowest BCUT2D eigenvalue weighted by molar-refractivity contribution is 0.923. The van der Waals surface area contributed by atoms with Crippen LogP contribution in [0.1, 0.15) is 5.69 Å². The van der Waals surface area contributed by atoms with E-state index in [1.165, 1.54) is 4.68 Å². The SMILES string of the molecule is Cc1nn(C(N)=S)c(-c2ccccc2)c1N=Nc1ccc(Cl)cc1. The highest BCUT2D eigenvalue weighted by molar-refractivity contribution is 7.80. The van der Waals surface area contributed by atoms with Gasteiger partial charge in [0.1, 0.15) is 11.4 Å². The number of aromatic nitrogens is 2. The largest absolute Gasteiger partial charge is 0.374 e. The zero-order valence-electron chi connectivity index (χ0n) is 12.8. The number of benzene rings is 2. The van der Waals surface area contributed by atoms with Crippen molar-refractivity contribution in [1.29, 1.82) is 0 Å². The first kappa shape index (κ1) is 16.3. The zero-order valence-corrected chi connectivity index (χ0v) is 14.4. The fraction of sp³-hybridized carbons (Fsp3) is 0.0588. The van der Waals surface area contributed by atoms with Crippen LogP contribution in [0.5, 0.6) is 0 Å². The Balaban J connectivity index is 2.10. The van der Waals surface area contributed by atoms with E-state index in [0.717, 1.165) is 11.3 Å². The average Bonchev–Trinajstić information content (AvgIpc) is 2.92. The van der Waals surface area contributed by atoms with E-state index in [1.807, 2.05) is 37.3 Å². The van der Waals surface area contributed by atoms with Gasteiger partial charge >= 0.3 is 0 Å². The van der Waals surface area contributed by atoms with E-state index in [9.17, 15) is 0 Å². The van der Waals surface area contributed by atoms with Crippen LogP contribution >= 0.6 is 23.8 Å². The molecule has 0 aliphatic heterocycles. The molecule has 0 saturated carbocycles. The molecule has 2 N–H and O–H groups in total. The number of aryl methyl sites for hydroxylation is 1. The molecule has 0 spiro atoms.